The predicted molar refractivity (Wildman–Crippen MR) is 113 cm³/mol. The second-order valence-corrected chi connectivity index (χ2v) is 8.91. The fraction of sp³-hybridized carbons (Fsp3) is 0.350. The number of hydrogen-bond donors (Lipinski definition) is 1. The van der Waals surface area contributed by atoms with Crippen LogP contribution in [-0.4, -0.2) is 58.6 Å². The normalized spacial score (nSPS) is 15.8. The number of amides is 1. The summed E-state index contributed by atoms with van der Waals surface area (Å²) in [4.78, 5) is 16.6. The molecule has 0 radical (unpaired) electrons. The number of nitrogens with one attached hydrogen (secondary N) is 1. The van der Waals surface area contributed by atoms with Crippen molar-refractivity contribution in [3.05, 3.63) is 53.6 Å². The van der Waals surface area contributed by atoms with Gasteiger partial charge in [-0.25, -0.2) is 8.42 Å². The van der Waals surface area contributed by atoms with Crippen LogP contribution in [0.25, 0.3) is 0 Å². The molecular formula is C20H24ClN3O4S. The topological polar surface area (TPSA) is 78.9 Å². The highest BCUT2D eigenvalue weighted by Gasteiger charge is 2.28. The Balaban J connectivity index is 1.61. The summed E-state index contributed by atoms with van der Waals surface area (Å²) in [6.45, 7) is 4.02. The van der Waals surface area contributed by atoms with Gasteiger partial charge < -0.3 is 14.5 Å². The lowest BCUT2D eigenvalue weighted by Crippen LogP contribution is -2.54. The average molecular weight is 438 g/mol. The van der Waals surface area contributed by atoms with Crippen LogP contribution in [0.2, 0.25) is 5.02 Å². The maximum absolute atomic E-state index is 12.8. The van der Waals surface area contributed by atoms with E-state index in [1.54, 1.807) is 11.8 Å². The first-order valence-electron chi connectivity index (χ1n) is 9.26. The van der Waals surface area contributed by atoms with Crippen molar-refractivity contribution in [2.24, 2.45) is 0 Å². The monoisotopic (exact) mass is 437 g/mol. The zero-order chi connectivity index (χ0) is 21.0. The smallest absolute Gasteiger partial charge is 0.241 e. The SMILES string of the molecule is COc1ccc(S(=O)(=O)N[C@@H](C)C(=O)N2CCN(c3ccccc3)CC2)cc1Cl. The molecular weight excluding hydrogens is 414 g/mol. The second-order valence-electron chi connectivity index (χ2n) is 6.79. The molecule has 9 heteroatoms. The number of halogens is 1. The van der Waals surface area contributed by atoms with Gasteiger partial charge in [-0.05, 0) is 37.3 Å². The first-order valence-corrected chi connectivity index (χ1v) is 11.1. The van der Waals surface area contributed by atoms with Crippen molar-refractivity contribution in [1.29, 1.82) is 0 Å². The molecule has 0 unspecified atom stereocenters. The van der Waals surface area contributed by atoms with E-state index in [0.717, 1.165) is 5.69 Å². The maximum atomic E-state index is 12.8. The molecule has 1 N–H and O–H groups in total. The summed E-state index contributed by atoms with van der Waals surface area (Å²) in [6.07, 6.45) is 0. The zero-order valence-corrected chi connectivity index (χ0v) is 17.9. The number of rotatable bonds is 6. The number of sulfonamides is 1. The van der Waals surface area contributed by atoms with Crippen molar-refractivity contribution in [1.82, 2.24) is 9.62 Å². The van der Waals surface area contributed by atoms with Crippen LogP contribution in [0.4, 0.5) is 5.69 Å². The Labute approximate surface area is 176 Å². The highest BCUT2D eigenvalue weighted by molar-refractivity contribution is 7.89. The van der Waals surface area contributed by atoms with Crippen molar-refractivity contribution in [2.45, 2.75) is 17.9 Å². The quantitative estimate of drug-likeness (QED) is 0.750. The van der Waals surface area contributed by atoms with Crippen molar-refractivity contribution < 1.29 is 17.9 Å². The van der Waals surface area contributed by atoms with Crippen LogP contribution in [0.1, 0.15) is 6.92 Å². The van der Waals surface area contributed by atoms with E-state index in [9.17, 15) is 13.2 Å². The van der Waals surface area contributed by atoms with E-state index in [4.69, 9.17) is 16.3 Å². The van der Waals surface area contributed by atoms with E-state index in [0.29, 0.717) is 31.9 Å². The number of carbonyl (C=O) groups excluding carboxylic acids is 1. The van der Waals surface area contributed by atoms with Crippen LogP contribution in [0, 0.1) is 0 Å². The van der Waals surface area contributed by atoms with Crippen molar-refractivity contribution >= 4 is 33.2 Å². The van der Waals surface area contributed by atoms with Crippen molar-refractivity contribution in [3.63, 3.8) is 0 Å². The summed E-state index contributed by atoms with van der Waals surface area (Å²) >= 11 is 6.02. The van der Waals surface area contributed by atoms with Gasteiger partial charge in [-0.15, -0.1) is 0 Å². The van der Waals surface area contributed by atoms with Gasteiger partial charge in [0.05, 0.1) is 23.1 Å². The Kier molecular flexibility index (Phi) is 6.66. The van der Waals surface area contributed by atoms with Crippen LogP contribution in [0.3, 0.4) is 0 Å². The summed E-state index contributed by atoms with van der Waals surface area (Å²) in [5.74, 6) is 0.131. The number of hydrogen-bond acceptors (Lipinski definition) is 5. The number of para-hydroxylation sites is 1. The van der Waals surface area contributed by atoms with Gasteiger partial charge in [0, 0.05) is 31.9 Å². The Hall–Kier alpha value is -2.29. The molecule has 0 bridgehead atoms. The van der Waals surface area contributed by atoms with Gasteiger partial charge in [-0.3, -0.25) is 4.79 Å². The third kappa shape index (κ3) is 5.01. The number of anilines is 1. The average Bonchev–Trinajstić information content (AvgIpc) is 2.73. The van der Waals surface area contributed by atoms with Crippen molar-refractivity contribution in [2.75, 3.05) is 38.2 Å². The van der Waals surface area contributed by atoms with E-state index < -0.39 is 16.1 Å². The molecule has 1 aliphatic heterocycles. The third-order valence-electron chi connectivity index (χ3n) is 4.85. The first kappa shape index (κ1) is 21.4. The van der Waals surface area contributed by atoms with Gasteiger partial charge in [0.2, 0.25) is 15.9 Å². The van der Waals surface area contributed by atoms with E-state index in [1.165, 1.54) is 25.3 Å². The summed E-state index contributed by atoms with van der Waals surface area (Å²) in [6, 6.07) is 13.3. The Morgan fingerprint density at radius 3 is 2.34 bits per heavy atom. The Bertz CT molecular complexity index is 961. The van der Waals surface area contributed by atoms with Crippen molar-refractivity contribution in [3.8, 4) is 5.75 Å². The Morgan fingerprint density at radius 1 is 1.10 bits per heavy atom. The number of carbonyl (C=O) groups is 1. The molecule has 7 nitrogen and oxygen atoms in total. The van der Waals surface area contributed by atoms with Crippen LogP contribution < -0.4 is 14.4 Å². The Morgan fingerprint density at radius 2 is 1.76 bits per heavy atom. The van der Waals surface area contributed by atoms with Gasteiger partial charge in [0.15, 0.2) is 0 Å². The fourth-order valence-electron chi connectivity index (χ4n) is 3.26. The molecule has 0 saturated carbocycles. The molecule has 1 amide bonds. The minimum Gasteiger partial charge on any atom is -0.495 e. The van der Waals surface area contributed by atoms with E-state index in [1.807, 2.05) is 30.3 Å². The van der Waals surface area contributed by atoms with Gasteiger partial charge in [0.1, 0.15) is 5.75 Å². The molecule has 0 aromatic heterocycles. The van der Waals surface area contributed by atoms with Gasteiger partial charge in [-0.2, -0.15) is 4.72 Å². The first-order chi connectivity index (χ1) is 13.8. The molecule has 156 valence electrons. The number of nitrogens with zero attached hydrogens (tertiary/aromatic N) is 2. The summed E-state index contributed by atoms with van der Waals surface area (Å²) in [5, 5.41) is 0.186. The largest absolute Gasteiger partial charge is 0.495 e. The van der Waals surface area contributed by atoms with Crippen LogP contribution in [0.5, 0.6) is 5.75 Å². The molecule has 0 spiro atoms. The molecule has 1 heterocycles. The van der Waals surface area contributed by atoms with Gasteiger partial charge in [0.25, 0.3) is 0 Å². The number of ether oxygens (including phenoxy) is 1. The van der Waals surface area contributed by atoms with E-state index in [2.05, 4.69) is 9.62 Å². The van der Waals surface area contributed by atoms with Gasteiger partial charge in [-0.1, -0.05) is 29.8 Å². The summed E-state index contributed by atoms with van der Waals surface area (Å²) in [5.41, 5.74) is 1.12. The molecule has 1 aliphatic rings. The molecule has 1 atom stereocenters. The number of benzene rings is 2. The highest BCUT2D eigenvalue weighted by Crippen LogP contribution is 2.27. The molecule has 29 heavy (non-hydrogen) atoms. The molecule has 1 fully saturated rings. The predicted octanol–water partition coefficient (Wildman–Crippen LogP) is 2.36. The lowest BCUT2D eigenvalue weighted by Gasteiger charge is -2.37. The number of piperazine rings is 1. The minimum atomic E-state index is -3.89. The lowest BCUT2D eigenvalue weighted by molar-refractivity contribution is -0.132. The highest BCUT2D eigenvalue weighted by atomic mass is 35.5. The molecule has 2 aromatic rings. The third-order valence-corrected chi connectivity index (χ3v) is 6.68. The minimum absolute atomic E-state index is 0.0168. The molecule has 2 aromatic carbocycles. The zero-order valence-electron chi connectivity index (χ0n) is 16.3. The molecule has 0 aliphatic carbocycles. The van der Waals surface area contributed by atoms with Crippen LogP contribution in [-0.2, 0) is 14.8 Å². The van der Waals surface area contributed by atoms with E-state index in [-0.39, 0.29) is 15.8 Å². The fourth-order valence-corrected chi connectivity index (χ4v) is 4.81. The standard InChI is InChI=1S/C20H24ClN3O4S/c1-15(22-29(26,27)17-8-9-19(28-2)18(21)14-17)20(25)24-12-10-23(11-13-24)16-6-4-3-5-7-16/h3-9,14-15,22H,10-13H2,1-2H3/t15-/m0/s1. The lowest BCUT2D eigenvalue weighted by atomic mass is 10.2. The number of methoxy groups -OCH3 is 1. The van der Waals surface area contributed by atoms with Gasteiger partial charge >= 0.3 is 0 Å². The van der Waals surface area contributed by atoms with Crippen LogP contribution >= 0.6 is 11.6 Å². The maximum Gasteiger partial charge on any atom is 0.241 e. The summed E-state index contributed by atoms with van der Waals surface area (Å²) in [7, 11) is -2.44. The molecule has 3 rings (SSSR count). The van der Waals surface area contributed by atoms with Crippen LogP contribution in [0.15, 0.2) is 53.4 Å². The summed E-state index contributed by atoms with van der Waals surface area (Å²) < 4.78 is 32.7. The molecule has 1 saturated heterocycles. The second kappa shape index (κ2) is 9.02. The van der Waals surface area contributed by atoms with E-state index >= 15 is 0 Å².